The first kappa shape index (κ1) is 16.6. The Morgan fingerprint density at radius 3 is 2.37 bits per heavy atom. The largest absolute Gasteiger partial charge is 0.493 e. The Bertz CT molecular complexity index is 1090. The molecule has 0 spiro atoms. The van der Waals surface area contributed by atoms with Gasteiger partial charge < -0.3 is 19.9 Å². The molecule has 0 atom stereocenters. The van der Waals surface area contributed by atoms with Gasteiger partial charge in [-0.3, -0.25) is 0 Å². The third-order valence-corrected chi connectivity index (χ3v) is 4.07. The summed E-state index contributed by atoms with van der Waals surface area (Å²) in [5.41, 5.74) is 7.34. The van der Waals surface area contributed by atoms with Gasteiger partial charge in [0.1, 0.15) is 23.6 Å². The minimum Gasteiger partial charge on any atom is -0.493 e. The molecule has 0 radical (unpaired) electrons. The molecule has 4 rings (SSSR count). The summed E-state index contributed by atoms with van der Waals surface area (Å²) in [6.07, 6.45) is 3.07. The number of fused-ring (bicyclic) bond motifs is 1. The van der Waals surface area contributed by atoms with Gasteiger partial charge in [0.05, 0.1) is 31.5 Å². The van der Waals surface area contributed by atoms with Gasteiger partial charge >= 0.3 is 0 Å². The summed E-state index contributed by atoms with van der Waals surface area (Å²) in [6.45, 7) is 0. The molecule has 8 nitrogen and oxygen atoms in total. The van der Waals surface area contributed by atoms with Gasteiger partial charge in [0, 0.05) is 6.07 Å². The molecule has 0 unspecified atom stereocenters. The molecule has 0 saturated carbocycles. The zero-order chi connectivity index (χ0) is 18.8. The topological polar surface area (TPSA) is 97.3 Å². The summed E-state index contributed by atoms with van der Waals surface area (Å²) >= 11 is 0. The Morgan fingerprint density at radius 1 is 0.889 bits per heavy atom. The quantitative estimate of drug-likeness (QED) is 0.581. The van der Waals surface area contributed by atoms with Gasteiger partial charge in [0.25, 0.3) is 0 Å². The smallest absolute Gasteiger partial charge is 0.168 e. The van der Waals surface area contributed by atoms with Crippen molar-refractivity contribution in [2.75, 3.05) is 20.0 Å². The van der Waals surface area contributed by atoms with Gasteiger partial charge in [-0.1, -0.05) is 0 Å². The number of nitrogens with zero attached hydrogens (tertiary/aromatic N) is 4. The van der Waals surface area contributed by atoms with E-state index in [2.05, 4.69) is 15.1 Å². The zero-order valence-corrected chi connectivity index (χ0v) is 14.8. The maximum atomic E-state index is 5.89. The van der Waals surface area contributed by atoms with Crippen molar-refractivity contribution in [1.82, 2.24) is 19.7 Å². The highest BCUT2D eigenvalue weighted by molar-refractivity contribution is 5.85. The average Bonchev–Trinajstić information content (AvgIpc) is 3.14. The highest BCUT2D eigenvalue weighted by Crippen LogP contribution is 2.33. The van der Waals surface area contributed by atoms with Crippen LogP contribution in [0.15, 0.2) is 55.0 Å². The van der Waals surface area contributed by atoms with Gasteiger partial charge in [-0.2, -0.15) is 5.10 Å². The van der Waals surface area contributed by atoms with Crippen molar-refractivity contribution in [3.8, 4) is 28.7 Å². The standard InChI is InChI=1S/C19H17N5O3/c1-25-16-8-7-14(9-17(16)26-2)27-13-5-3-12(4-6-13)24-19-15(10-23-24)18(20)21-11-22-19/h3-11H,1-2H3,(H2,20,21,22). The number of aromatic nitrogens is 4. The van der Waals surface area contributed by atoms with Crippen LogP contribution in [0, 0.1) is 0 Å². The van der Waals surface area contributed by atoms with Crippen LogP contribution < -0.4 is 19.9 Å². The van der Waals surface area contributed by atoms with E-state index in [0.29, 0.717) is 39.8 Å². The Labute approximate surface area is 155 Å². The minimum absolute atomic E-state index is 0.402. The van der Waals surface area contributed by atoms with E-state index in [1.54, 1.807) is 37.2 Å². The summed E-state index contributed by atoms with van der Waals surface area (Å²) < 4.78 is 18.1. The van der Waals surface area contributed by atoms with Gasteiger partial charge in [-0.15, -0.1) is 0 Å². The number of rotatable bonds is 5. The number of hydrogen-bond donors (Lipinski definition) is 1. The molecule has 4 aromatic rings. The van der Waals surface area contributed by atoms with Crippen molar-refractivity contribution in [2.24, 2.45) is 0 Å². The van der Waals surface area contributed by atoms with Gasteiger partial charge in [-0.25, -0.2) is 14.6 Å². The molecule has 0 aliphatic rings. The highest BCUT2D eigenvalue weighted by atomic mass is 16.5. The van der Waals surface area contributed by atoms with E-state index in [0.717, 1.165) is 5.69 Å². The van der Waals surface area contributed by atoms with Crippen LogP contribution in [0.2, 0.25) is 0 Å². The molecular formula is C19H17N5O3. The first-order valence-corrected chi connectivity index (χ1v) is 8.14. The van der Waals surface area contributed by atoms with Crippen LogP contribution in [0.25, 0.3) is 16.7 Å². The van der Waals surface area contributed by atoms with Crippen molar-refractivity contribution < 1.29 is 14.2 Å². The van der Waals surface area contributed by atoms with Crippen molar-refractivity contribution in [3.05, 3.63) is 55.0 Å². The molecule has 0 aliphatic heterocycles. The lowest BCUT2D eigenvalue weighted by atomic mass is 10.2. The predicted octanol–water partition coefficient (Wildman–Crippen LogP) is 3.21. The maximum absolute atomic E-state index is 5.89. The molecule has 8 heteroatoms. The fourth-order valence-corrected chi connectivity index (χ4v) is 2.72. The first-order valence-electron chi connectivity index (χ1n) is 8.14. The van der Waals surface area contributed by atoms with Crippen molar-refractivity contribution in [2.45, 2.75) is 0 Å². The summed E-state index contributed by atoms with van der Waals surface area (Å²) in [6, 6.07) is 12.9. The number of methoxy groups -OCH3 is 2. The Hall–Kier alpha value is -3.81. The van der Waals surface area contributed by atoms with Crippen LogP contribution in [0.1, 0.15) is 0 Å². The first-order chi connectivity index (χ1) is 13.2. The molecule has 0 aliphatic carbocycles. The average molecular weight is 363 g/mol. The molecule has 2 N–H and O–H groups in total. The maximum Gasteiger partial charge on any atom is 0.168 e. The van der Waals surface area contributed by atoms with Crippen LogP contribution in [0.3, 0.4) is 0 Å². The monoisotopic (exact) mass is 363 g/mol. The van der Waals surface area contributed by atoms with Crippen LogP contribution in [-0.4, -0.2) is 34.0 Å². The normalized spacial score (nSPS) is 10.7. The van der Waals surface area contributed by atoms with E-state index in [-0.39, 0.29) is 0 Å². The lowest BCUT2D eigenvalue weighted by Gasteiger charge is -2.11. The summed E-state index contributed by atoms with van der Waals surface area (Å²) in [5.74, 6) is 2.97. The molecule has 2 aromatic carbocycles. The van der Waals surface area contributed by atoms with Crippen molar-refractivity contribution in [1.29, 1.82) is 0 Å². The Balaban J connectivity index is 1.60. The van der Waals surface area contributed by atoms with E-state index in [1.165, 1.54) is 6.33 Å². The van der Waals surface area contributed by atoms with Gasteiger partial charge in [0.2, 0.25) is 0 Å². The predicted molar refractivity (Wildman–Crippen MR) is 101 cm³/mol. The van der Waals surface area contributed by atoms with Gasteiger partial charge in [0.15, 0.2) is 17.1 Å². The molecule has 27 heavy (non-hydrogen) atoms. The van der Waals surface area contributed by atoms with E-state index in [1.807, 2.05) is 30.3 Å². The second-order valence-electron chi connectivity index (χ2n) is 5.67. The molecule has 0 amide bonds. The number of nitrogens with two attached hydrogens (primary N) is 1. The zero-order valence-electron chi connectivity index (χ0n) is 14.8. The molecule has 2 heterocycles. The number of ether oxygens (including phenoxy) is 3. The molecule has 136 valence electrons. The second kappa shape index (κ2) is 6.83. The molecule has 2 aromatic heterocycles. The molecular weight excluding hydrogens is 346 g/mol. The van der Waals surface area contributed by atoms with Crippen LogP contribution >= 0.6 is 0 Å². The van der Waals surface area contributed by atoms with Crippen LogP contribution in [0.4, 0.5) is 5.82 Å². The second-order valence-corrected chi connectivity index (χ2v) is 5.67. The van der Waals surface area contributed by atoms with Crippen molar-refractivity contribution >= 4 is 16.9 Å². The van der Waals surface area contributed by atoms with E-state index in [4.69, 9.17) is 19.9 Å². The van der Waals surface area contributed by atoms with Gasteiger partial charge in [-0.05, 0) is 36.4 Å². The SMILES string of the molecule is COc1ccc(Oc2ccc(-n3ncc4c(N)ncnc43)cc2)cc1OC. The molecule has 0 saturated heterocycles. The summed E-state index contributed by atoms with van der Waals surface area (Å²) in [7, 11) is 3.18. The third kappa shape index (κ3) is 3.08. The van der Waals surface area contributed by atoms with Crippen molar-refractivity contribution in [3.63, 3.8) is 0 Å². The fraction of sp³-hybridized carbons (Fsp3) is 0.105. The number of anilines is 1. The number of hydrogen-bond acceptors (Lipinski definition) is 7. The van der Waals surface area contributed by atoms with Crippen LogP contribution in [0.5, 0.6) is 23.0 Å². The lowest BCUT2D eigenvalue weighted by Crippen LogP contribution is -1.99. The summed E-state index contributed by atoms with van der Waals surface area (Å²) in [5, 5.41) is 5.06. The van der Waals surface area contributed by atoms with E-state index < -0.39 is 0 Å². The van der Waals surface area contributed by atoms with E-state index >= 15 is 0 Å². The summed E-state index contributed by atoms with van der Waals surface area (Å²) in [4.78, 5) is 8.23. The Kier molecular flexibility index (Phi) is 4.21. The number of benzene rings is 2. The highest BCUT2D eigenvalue weighted by Gasteiger charge is 2.10. The third-order valence-electron chi connectivity index (χ3n) is 4.07. The molecule has 0 fully saturated rings. The fourth-order valence-electron chi connectivity index (χ4n) is 2.72. The molecule has 0 bridgehead atoms. The van der Waals surface area contributed by atoms with E-state index in [9.17, 15) is 0 Å². The lowest BCUT2D eigenvalue weighted by molar-refractivity contribution is 0.352. The Morgan fingerprint density at radius 2 is 1.63 bits per heavy atom. The van der Waals surface area contributed by atoms with Crippen LogP contribution in [-0.2, 0) is 0 Å². The number of nitrogen functional groups attached to an aromatic ring is 1. The minimum atomic E-state index is 0.402.